The Balaban J connectivity index is 3.45. The molecule has 4 heteroatoms. The van der Waals surface area contributed by atoms with E-state index in [2.05, 4.69) is 6.58 Å². The Labute approximate surface area is 71.2 Å². The zero-order chi connectivity index (χ0) is 7.33. The van der Waals surface area contributed by atoms with Crippen LogP contribution in [-0.4, -0.2) is 12.6 Å². The van der Waals surface area contributed by atoms with E-state index in [1.165, 1.54) is 0 Å². The highest BCUT2D eigenvalue weighted by atomic mass is 35.7. The van der Waals surface area contributed by atoms with Crippen molar-refractivity contribution in [3.8, 4) is 0 Å². The van der Waals surface area contributed by atoms with E-state index in [0.717, 1.165) is 12.5 Å². The molecular formula is C5H9Cl3Si. The Morgan fingerprint density at radius 3 is 2.33 bits per heavy atom. The van der Waals surface area contributed by atoms with Crippen molar-refractivity contribution in [1.29, 1.82) is 0 Å². The number of halogens is 3. The number of alkyl halides is 1. The maximum atomic E-state index is 5.83. The fourth-order valence-corrected chi connectivity index (χ4v) is 2.42. The molecule has 0 rings (SSSR count). The SMILES string of the molecule is C=C[Si](Cl)(Cl)CCCCl. The van der Waals surface area contributed by atoms with Crippen LogP contribution in [0.2, 0.25) is 6.04 Å². The van der Waals surface area contributed by atoms with Crippen molar-refractivity contribution in [2.45, 2.75) is 12.5 Å². The van der Waals surface area contributed by atoms with Crippen molar-refractivity contribution in [3.05, 3.63) is 12.3 Å². The second kappa shape index (κ2) is 4.61. The van der Waals surface area contributed by atoms with Crippen LogP contribution in [0.25, 0.3) is 0 Å². The van der Waals surface area contributed by atoms with Gasteiger partial charge >= 0.3 is 0 Å². The third kappa shape index (κ3) is 5.28. The first kappa shape index (κ1) is 9.83. The molecule has 0 bridgehead atoms. The molecule has 9 heavy (non-hydrogen) atoms. The molecule has 0 amide bonds. The zero-order valence-corrected chi connectivity index (χ0v) is 8.31. The molecule has 0 saturated carbocycles. The molecule has 0 aromatic heterocycles. The van der Waals surface area contributed by atoms with Gasteiger partial charge in [-0.05, 0) is 12.5 Å². The smallest absolute Gasteiger partial charge is 0.140 e. The van der Waals surface area contributed by atoms with Crippen molar-refractivity contribution in [3.63, 3.8) is 0 Å². The predicted octanol–water partition coefficient (Wildman–Crippen LogP) is 3.26. The van der Waals surface area contributed by atoms with Crippen LogP contribution in [0.3, 0.4) is 0 Å². The van der Waals surface area contributed by atoms with Crippen LogP contribution in [-0.2, 0) is 0 Å². The summed E-state index contributed by atoms with van der Waals surface area (Å²) in [6.07, 6.45) is 0.882. The standard InChI is InChI=1S/C5H9Cl3Si/c1-2-9(7,8)5-3-4-6/h2H,1,3-5H2. The summed E-state index contributed by atoms with van der Waals surface area (Å²) in [7, 11) is 0. The molecule has 0 unspecified atom stereocenters. The molecule has 0 fully saturated rings. The molecule has 0 N–H and O–H groups in total. The van der Waals surface area contributed by atoms with Gasteiger partial charge in [0.05, 0.1) is 0 Å². The quantitative estimate of drug-likeness (QED) is 0.374. The van der Waals surface area contributed by atoms with Gasteiger partial charge in [-0.1, -0.05) is 5.70 Å². The van der Waals surface area contributed by atoms with E-state index in [0.29, 0.717) is 5.88 Å². The molecular weight excluding hydrogens is 194 g/mol. The van der Waals surface area contributed by atoms with Crippen LogP contribution in [0, 0.1) is 0 Å². The van der Waals surface area contributed by atoms with Crippen molar-refractivity contribution in [2.24, 2.45) is 0 Å². The van der Waals surface area contributed by atoms with E-state index in [4.69, 9.17) is 33.8 Å². The van der Waals surface area contributed by atoms with Crippen LogP contribution < -0.4 is 0 Å². The molecule has 0 radical (unpaired) electrons. The first-order chi connectivity index (χ1) is 4.12. The van der Waals surface area contributed by atoms with Crippen LogP contribution in [0.15, 0.2) is 12.3 Å². The molecule has 0 aromatic carbocycles. The largest absolute Gasteiger partial charge is 0.273 e. The average Bonchev–Trinajstić information content (AvgIpc) is 1.84. The van der Waals surface area contributed by atoms with E-state index in [1.54, 1.807) is 5.70 Å². The molecule has 0 aliphatic heterocycles. The second-order valence-electron chi connectivity index (χ2n) is 1.76. The Morgan fingerprint density at radius 1 is 1.44 bits per heavy atom. The minimum absolute atomic E-state index is 0.627. The molecule has 0 aliphatic carbocycles. The first-order valence-electron chi connectivity index (χ1n) is 2.70. The van der Waals surface area contributed by atoms with Crippen LogP contribution in [0.4, 0.5) is 0 Å². The third-order valence-corrected chi connectivity index (χ3v) is 4.89. The average molecular weight is 204 g/mol. The van der Waals surface area contributed by atoms with Gasteiger partial charge in [-0.15, -0.1) is 40.3 Å². The third-order valence-electron chi connectivity index (χ3n) is 0.942. The van der Waals surface area contributed by atoms with Crippen molar-refractivity contribution in [1.82, 2.24) is 0 Å². The number of rotatable bonds is 4. The molecule has 0 aromatic rings. The Kier molecular flexibility index (Phi) is 5.04. The van der Waals surface area contributed by atoms with Crippen LogP contribution in [0.1, 0.15) is 6.42 Å². The first-order valence-corrected chi connectivity index (χ1v) is 7.54. The summed E-state index contributed by atoms with van der Waals surface area (Å²) < 4.78 is 0. The summed E-state index contributed by atoms with van der Waals surface area (Å²) in [6, 6.07) is 0.809. The lowest BCUT2D eigenvalue weighted by atomic mass is 10.6. The molecule has 0 saturated heterocycles. The fraction of sp³-hybridized carbons (Fsp3) is 0.600. The predicted molar refractivity (Wildman–Crippen MR) is 47.8 cm³/mol. The highest BCUT2D eigenvalue weighted by Crippen LogP contribution is 2.22. The normalized spacial score (nSPS) is 11.4. The summed E-state index contributed by atoms with van der Waals surface area (Å²) in [5.41, 5.74) is 1.66. The summed E-state index contributed by atoms with van der Waals surface area (Å²) in [5.74, 6) is 0.627. The summed E-state index contributed by atoms with van der Waals surface area (Å²) in [4.78, 5) is 0. The minimum atomic E-state index is -2.07. The van der Waals surface area contributed by atoms with E-state index in [9.17, 15) is 0 Å². The Bertz CT molecular complexity index is 92.2. The van der Waals surface area contributed by atoms with E-state index in [-0.39, 0.29) is 0 Å². The van der Waals surface area contributed by atoms with Crippen LogP contribution in [0.5, 0.6) is 0 Å². The van der Waals surface area contributed by atoms with Gasteiger partial charge in [-0.25, -0.2) is 0 Å². The maximum absolute atomic E-state index is 5.83. The van der Waals surface area contributed by atoms with E-state index in [1.807, 2.05) is 0 Å². The van der Waals surface area contributed by atoms with Gasteiger partial charge in [0.2, 0.25) is 0 Å². The van der Waals surface area contributed by atoms with Gasteiger partial charge in [0.15, 0.2) is 0 Å². The van der Waals surface area contributed by atoms with Crippen molar-refractivity contribution in [2.75, 3.05) is 5.88 Å². The highest BCUT2D eigenvalue weighted by molar-refractivity contribution is 7.47. The van der Waals surface area contributed by atoms with Crippen molar-refractivity contribution >= 4 is 40.5 Å². The number of hydrogen-bond donors (Lipinski definition) is 0. The maximum Gasteiger partial charge on any atom is 0.273 e. The van der Waals surface area contributed by atoms with E-state index >= 15 is 0 Å². The van der Waals surface area contributed by atoms with Gasteiger partial charge in [0.25, 0.3) is 6.69 Å². The number of hydrogen-bond acceptors (Lipinski definition) is 0. The van der Waals surface area contributed by atoms with Gasteiger partial charge in [-0.3, -0.25) is 0 Å². The molecule has 0 atom stereocenters. The second-order valence-corrected chi connectivity index (χ2v) is 9.19. The zero-order valence-electron chi connectivity index (χ0n) is 5.04. The van der Waals surface area contributed by atoms with Gasteiger partial charge in [0, 0.05) is 5.88 Å². The molecule has 0 nitrogen and oxygen atoms in total. The van der Waals surface area contributed by atoms with Gasteiger partial charge < -0.3 is 0 Å². The van der Waals surface area contributed by atoms with Gasteiger partial charge in [0.1, 0.15) is 0 Å². The Morgan fingerprint density at radius 2 is 2.00 bits per heavy atom. The van der Waals surface area contributed by atoms with Crippen molar-refractivity contribution < 1.29 is 0 Å². The summed E-state index contributed by atoms with van der Waals surface area (Å²) >= 11 is 17.1. The van der Waals surface area contributed by atoms with E-state index < -0.39 is 6.69 Å². The van der Waals surface area contributed by atoms with Crippen LogP contribution >= 0.6 is 33.8 Å². The summed E-state index contributed by atoms with van der Waals surface area (Å²) in [5, 5.41) is 0. The molecule has 0 heterocycles. The monoisotopic (exact) mass is 202 g/mol. The molecule has 0 aliphatic rings. The lowest BCUT2D eigenvalue weighted by Crippen LogP contribution is -2.14. The van der Waals surface area contributed by atoms with Gasteiger partial charge in [-0.2, -0.15) is 0 Å². The topological polar surface area (TPSA) is 0 Å². The Hall–Kier alpha value is 0.827. The minimum Gasteiger partial charge on any atom is -0.140 e. The molecule has 0 spiro atoms. The fourth-order valence-electron chi connectivity index (χ4n) is 0.405. The lowest BCUT2D eigenvalue weighted by Gasteiger charge is -2.08. The molecule has 54 valence electrons. The highest BCUT2D eigenvalue weighted by Gasteiger charge is 2.22. The summed E-state index contributed by atoms with van der Waals surface area (Å²) in [6.45, 7) is 1.47. The lowest BCUT2D eigenvalue weighted by molar-refractivity contribution is 1.08.